The summed E-state index contributed by atoms with van der Waals surface area (Å²) in [5.74, 6) is -1.63. The Morgan fingerprint density at radius 2 is 1.63 bits per heavy atom. The van der Waals surface area contributed by atoms with Crippen molar-refractivity contribution in [3.8, 4) is 11.1 Å². The number of rotatable bonds is 8. The third-order valence-electron chi connectivity index (χ3n) is 7.08. The Balaban J connectivity index is 1.39. The number of nitrogens with zero attached hydrogens (tertiary/aromatic N) is 1. The summed E-state index contributed by atoms with van der Waals surface area (Å²) >= 11 is 0. The number of aliphatic carboxylic acids is 1. The van der Waals surface area contributed by atoms with Crippen LogP contribution in [0.25, 0.3) is 11.1 Å². The zero-order chi connectivity index (χ0) is 25.0. The van der Waals surface area contributed by atoms with Crippen molar-refractivity contribution in [2.75, 3.05) is 19.7 Å². The van der Waals surface area contributed by atoms with E-state index in [2.05, 4.69) is 17.4 Å². The van der Waals surface area contributed by atoms with Gasteiger partial charge in [0.15, 0.2) is 5.60 Å². The van der Waals surface area contributed by atoms with E-state index in [4.69, 9.17) is 4.74 Å². The summed E-state index contributed by atoms with van der Waals surface area (Å²) in [6.45, 7) is 2.40. The number of fused-ring (bicyclic) bond motifs is 3. The molecular weight excluding hydrogens is 448 g/mol. The largest absolute Gasteiger partial charge is 0.479 e. The molecule has 1 atom stereocenters. The van der Waals surface area contributed by atoms with Crippen molar-refractivity contribution in [2.45, 2.75) is 56.6 Å². The maximum Gasteiger partial charge on any atom is 0.407 e. The predicted octanol–water partition coefficient (Wildman–Crippen LogP) is 3.52. The monoisotopic (exact) mass is 480 g/mol. The van der Waals surface area contributed by atoms with Crippen molar-refractivity contribution in [2.24, 2.45) is 0 Å². The van der Waals surface area contributed by atoms with Gasteiger partial charge in [0, 0.05) is 31.8 Å². The first-order valence-corrected chi connectivity index (χ1v) is 12.2. The number of aliphatic hydroxyl groups is 1. The second-order valence-electron chi connectivity index (χ2n) is 9.33. The molecule has 1 heterocycles. The number of carboxylic acids is 1. The number of hydrogen-bond donors (Lipinski definition) is 3. The Labute approximate surface area is 204 Å². The predicted molar refractivity (Wildman–Crippen MR) is 130 cm³/mol. The van der Waals surface area contributed by atoms with Gasteiger partial charge in [0.2, 0.25) is 5.91 Å². The SMILES string of the molecule is CCCC[C@H](NC(=O)OCC1c2ccccc2-c2ccccc21)C(=O)N1CCC(O)(C(=O)O)CC1. The number of nitrogens with one attached hydrogen (secondary N) is 1. The minimum atomic E-state index is -1.81. The normalized spacial score (nSPS) is 17.3. The highest BCUT2D eigenvalue weighted by molar-refractivity contribution is 5.86. The van der Waals surface area contributed by atoms with E-state index < -0.39 is 23.7 Å². The van der Waals surface area contributed by atoms with Gasteiger partial charge in [-0.15, -0.1) is 0 Å². The maximum absolute atomic E-state index is 13.1. The Morgan fingerprint density at radius 1 is 1.06 bits per heavy atom. The van der Waals surface area contributed by atoms with Crippen LogP contribution in [0, 0.1) is 0 Å². The number of likely N-dealkylation sites (tertiary alicyclic amines) is 1. The lowest BCUT2D eigenvalue weighted by molar-refractivity contribution is -0.165. The fourth-order valence-electron chi connectivity index (χ4n) is 4.98. The molecule has 35 heavy (non-hydrogen) atoms. The molecule has 0 unspecified atom stereocenters. The molecular formula is C27H32N2O6. The lowest BCUT2D eigenvalue weighted by Gasteiger charge is -2.37. The van der Waals surface area contributed by atoms with E-state index in [9.17, 15) is 24.6 Å². The Hall–Kier alpha value is -3.39. The van der Waals surface area contributed by atoms with Crippen LogP contribution in [0.2, 0.25) is 0 Å². The molecule has 2 aliphatic rings. The number of carbonyl (C=O) groups excluding carboxylic acids is 2. The van der Waals surface area contributed by atoms with E-state index in [1.165, 1.54) is 4.90 Å². The molecule has 1 fully saturated rings. The number of carboxylic acid groups (broad SMARTS) is 1. The molecule has 1 saturated heterocycles. The van der Waals surface area contributed by atoms with E-state index in [0.29, 0.717) is 6.42 Å². The van der Waals surface area contributed by atoms with Gasteiger partial charge in [-0.2, -0.15) is 0 Å². The molecule has 0 spiro atoms. The van der Waals surface area contributed by atoms with Gasteiger partial charge in [0.05, 0.1) is 0 Å². The molecule has 2 aromatic carbocycles. The Bertz CT molecular complexity index is 1050. The highest BCUT2D eigenvalue weighted by Gasteiger charge is 2.41. The highest BCUT2D eigenvalue weighted by atomic mass is 16.5. The first-order chi connectivity index (χ1) is 16.8. The lowest BCUT2D eigenvalue weighted by Crippen LogP contribution is -2.55. The molecule has 186 valence electrons. The van der Waals surface area contributed by atoms with Crippen LogP contribution in [0.5, 0.6) is 0 Å². The van der Waals surface area contributed by atoms with Gasteiger partial charge in [-0.25, -0.2) is 9.59 Å². The zero-order valence-corrected chi connectivity index (χ0v) is 19.9. The average molecular weight is 481 g/mol. The summed E-state index contributed by atoms with van der Waals surface area (Å²) in [6, 6.07) is 15.4. The van der Waals surface area contributed by atoms with Gasteiger partial charge < -0.3 is 25.2 Å². The lowest BCUT2D eigenvalue weighted by atomic mass is 9.91. The molecule has 2 amide bonds. The van der Waals surface area contributed by atoms with Gasteiger partial charge in [0.1, 0.15) is 12.6 Å². The van der Waals surface area contributed by atoms with Crippen LogP contribution in [-0.4, -0.2) is 64.4 Å². The number of amides is 2. The van der Waals surface area contributed by atoms with Gasteiger partial charge in [-0.05, 0) is 28.7 Å². The smallest absolute Gasteiger partial charge is 0.407 e. The van der Waals surface area contributed by atoms with E-state index in [-0.39, 0.29) is 44.4 Å². The van der Waals surface area contributed by atoms with Crippen molar-refractivity contribution in [3.05, 3.63) is 59.7 Å². The minimum absolute atomic E-state index is 0.0421. The van der Waals surface area contributed by atoms with Gasteiger partial charge in [-0.1, -0.05) is 68.3 Å². The number of benzene rings is 2. The van der Waals surface area contributed by atoms with Crippen LogP contribution < -0.4 is 5.32 Å². The highest BCUT2D eigenvalue weighted by Crippen LogP contribution is 2.44. The summed E-state index contributed by atoms with van der Waals surface area (Å²) in [7, 11) is 0. The first-order valence-electron chi connectivity index (χ1n) is 12.2. The molecule has 8 nitrogen and oxygen atoms in total. The van der Waals surface area contributed by atoms with Gasteiger partial charge in [-0.3, -0.25) is 4.79 Å². The molecule has 0 radical (unpaired) electrons. The van der Waals surface area contributed by atoms with Gasteiger partial charge >= 0.3 is 12.1 Å². The van der Waals surface area contributed by atoms with Crippen molar-refractivity contribution >= 4 is 18.0 Å². The van der Waals surface area contributed by atoms with Crippen LogP contribution in [0.3, 0.4) is 0 Å². The summed E-state index contributed by atoms with van der Waals surface area (Å²) in [4.78, 5) is 38.7. The molecule has 4 rings (SSSR count). The summed E-state index contributed by atoms with van der Waals surface area (Å²) in [5.41, 5.74) is 2.69. The van der Waals surface area contributed by atoms with Crippen LogP contribution in [0.15, 0.2) is 48.5 Å². The van der Waals surface area contributed by atoms with Crippen molar-refractivity contribution in [1.82, 2.24) is 10.2 Å². The number of hydrogen-bond acceptors (Lipinski definition) is 5. The zero-order valence-electron chi connectivity index (χ0n) is 19.9. The molecule has 0 aromatic heterocycles. The topological polar surface area (TPSA) is 116 Å². The van der Waals surface area contributed by atoms with E-state index in [1.54, 1.807) is 0 Å². The molecule has 0 bridgehead atoms. The fourth-order valence-corrected chi connectivity index (χ4v) is 4.98. The minimum Gasteiger partial charge on any atom is -0.479 e. The molecule has 1 aliphatic heterocycles. The molecule has 2 aromatic rings. The van der Waals surface area contributed by atoms with Gasteiger partial charge in [0.25, 0.3) is 0 Å². The number of piperidine rings is 1. The second-order valence-corrected chi connectivity index (χ2v) is 9.33. The summed E-state index contributed by atoms with van der Waals surface area (Å²) in [6.07, 6.45) is 1.32. The number of alkyl carbamates (subject to hydrolysis) is 1. The van der Waals surface area contributed by atoms with Crippen LogP contribution in [0.4, 0.5) is 4.79 Å². The average Bonchev–Trinajstić information content (AvgIpc) is 3.19. The van der Waals surface area contributed by atoms with E-state index in [0.717, 1.165) is 35.1 Å². The number of ether oxygens (including phenoxy) is 1. The number of unbranched alkanes of at least 4 members (excludes halogenated alkanes) is 1. The van der Waals surface area contributed by atoms with Crippen LogP contribution >= 0.6 is 0 Å². The van der Waals surface area contributed by atoms with E-state index in [1.807, 2.05) is 43.3 Å². The first kappa shape index (κ1) is 24.7. The molecule has 8 heteroatoms. The molecule has 1 aliphatic carbocycles. The third-order valence-corrected chi connectivity index (χ3v) is 7.08. The fraction of sp³-hybridized carbons (Fsp3) is 0.444. The Morgan fingerprint density at radius 3 is 2.17 bits per heavy atom. The van der Waals surface area contributed by atoms with E-state index >= 15 is 0 Å². The second kappa shape index (κ2) is 10.5. The molecule has 3 N–H and O–H groups in total. The van der Waals surface area contributed by atoms with Crippen LogP contribution in [-0.2, 0) is 14.3 Å². The third kappa shape index (κ3) is 5.17. The standard InChI is InChI=1S/C27H32N2O6/c1-2-3-12-23(24(30)29-15-13-27(34,14-16-29)25(31)32)28-26(33)35-17-22-20-10-6-4-8-18(20)19-9-5-7-11-21(19)22/h4-11,22-23,34H,2-3,12-17H2,1H3,(H,28,33)(H,31,32)/t23-/m0/s1. The quantitative estimate of drug-likeness (QED) is 0.532. The summed E-state index contributed by atoms with van der Waals surface area (Å²) < 4.78 is 5.61. The van der Waals surface area contributed by atoms with Crippen molar-refractivity contribution in [1.29, 1.82) is 0 Å². The van der Waals surface area contributed by atoms with Crippen LogP contribution in [0.1, 0.15) is 56.1 Å². The summed E-state index contributed by atoms with van der Waals surface area (Å²) in [5, 5.41) is 22.1. The maximum atomic E-state index is 13.1. The van der Waals surface area contributed by atoms with Crippen molar-refractivity contribution in [3.63, 3.8) is 0 Å². The number of carbonyl (C=O) groups is 3. The Kier molecular flexibility index (Phi) is 7.40. The van der Waals surface area contributed by atoms with Crippen molar-refractivity contribution < 1.29 is 29.3 Å². The molecule has 0 saturated carbocycles.